The summed E-state index contributed by atoms with van der Waals surface area (Å²) in [7, 11) is 0. The zero-order valence-electron chi connectivity index (χ0n) is 15.1. The maximum atomic E-state index is 12.1. The summed E-state index contributed by atoms with van der Waals surface area (Å²) in [4.78, 5) is 36.9. The van der Waals surface area contributed by atoms with Crippen molar-refractivity contribution in [2.45, 2.75) is 12.5 Å². The van der Waals surface area contributed by atoms with Crippen LogP contribution in [0.3, 0.4) is 0 Å². The van der Waals surface area contributed by atoms with Crippen LogP contribution in [0, 0.1) is 0 Å². The number of hydrogen-bond donors (Lipinski definition) is 2. The Labute approximate surface area is 153 Å². The van der Waals surface area contributed by atoms with E-state index in [1.807, 2.05) is 0 Å². The highest BCUT2D eigenvalue weighted by molar-refractivity contribution is 5.82. The maximum Gasteiger partial charge on any atom is 0.330 e. The number of nitrogens with zero attached hydrogens (tertiary/aromatic N) is 1. The summed E-state index contributed by atoms with van der Waals surface area (Å²) in [6, 6.07) is -0.454. The van der Waals surface area contributed by atoms with Crippen LogP contribution < -0.4 is 10.6 Å². The van der Waals surface area contributed by atoms with Crippen molar-refractivity contribution in [3.8, 4) is 0 Å². The van der Waals surface area contributed by atoms with Crippen LogP contribution in [0.2, 0.25) is 0 Å². The van der Waals surface area contributed by atoms with Crippen molar-refractivity contribution in [1.82, 2.24) is 15.5 Å². The highest BCUT2D eigenvalue weighted by atomic mass is 16.5. The summed E-state index contributed by atoms with van der Waals surface area (Å²) >= 11 is 0. The summed E-state index contributed by atoms with van der Waals surface area (Å²) in [6.07, 6.45) is 2.02. The number of carbonyl (C=O) groups excluding carboxylic acids is 3. The first kappa shape index (κ1) is 21.7. The van der Waals surface area contributed by atoms with E-state index in [-0.39, 0.29) is 13.2 Å². The van der Waals surface area contributed by atoms with Crippen LogP contribution in [0.5, 0.6) is 0 Å². The first-order chi connectivity index (χ1) is 12.4. The van der Waals surface area contributed by atoms with E-state index in [1.165, 1.54) is 0 Å². The number of nitrogens with one attached hydrogen (secondary N) is 2. The second-order valence-electron chi connectivity index (χ2n) is 6.02. The van der Waals surface area contributed by atoms with Gasteiger partial charge in [-0.2, -0.15) is 0 Å². The smallest absolute Gasteiger partial charge is 0.330 e. The molecule has 1 heterocycles. The third kappa shape index (κ3) is 8.63. The SMILES string of the molecule is C=CC(=O)OCC(C)(COC(=O)C=C)NC(=O)NCCN1CCOCC1. The Morgan fingerprint density at radius 2 is 1.65 bits per heavy atom. The number of morpholine rings is 1. The Kier molecular flexibility index (Phi) is 9.38. The van der Waals surface area contributed by atoms with Crippen LogP contribution in [-0.4, -0.2) is 81.0 Å². The van der Waals surface area contributed by atoms with Crippen molar-refractivity contribution in [2.24, 2.45) is 0 Å². The molecule has 9 nitrogen and oxygen atoms in total. The van der Waals surface area contributed by atoms with E-state index in [9.17, 15) is 14.4 Å². The van der Waals surface area contributed by atoms with Gasteiger partial charge in [0.2, 0.25) is 0 Å². The number of esters is 2. The van der Waals surface area contributed by atoms with Crippen molar-refractivity contribution in [1.29, 1.82) is 0 Å². The zero-order valence-corrected chi connectivity index (χ0v) is 15.1. The van der Waals surface area contributed by atoms with Gasteiger partial charge in [-0.15, -0.1) is 0 Å². The van der Waals surface area contributed by atoms with Gasteiger partial charge in [0.25, 0.3) is 0 Å². The monoisotopic (exact) mass is 369 g/mol. The van der Waals surface area contributed by atoms with Crippen molar-refractivity contribution < 1.29 is 28.6 Å². The molecule has 1 fully saturated rings. The molecule has 0 radical (unpaired) electrons. The molecule has 26 heavy (non-hydrogen) atoms. The minimum Gasteiger partial charge on any atom is -0.460 e. The molecule has 0 aliphatic carbocycles. The van der Waals surface area contributed by atoms with E-state index in [0.29, 0.717) is 26.3 Å². The molecule has 1 aliphatic heterocycles. The number of rotatable bonds is 10. The van der Waals surface area contributed by atoms with Crippen LogP contribution >= 0.6 is 0 Å². The Bertz CT molecular complexity index is 493. The van der Waals surface area contributed by atoms with Gasteiger partial charge < -0.3 is 24.8 Å². The van der Waals surface area contributed by atoms with E-state index in [0.717, 1.165) is 25.2 Å². The van der Waals surface area contributed by atoms with Gasteiger partial charge in [-0.25, -0.2) is 14.4 Å². The normalized spacial score (nSPS) is 14.8. The highest BCUT2D eigenvalue weighted by Gasteiger charge is 2.30. The number of hydrogen-bond acceptors (Lipinski definition) is 7. The minimum absolute atomic E-state index is 0.181. The fourth-order valence-electron chi connectivity index (χ4n) is 2.16. The van der Waals surface area contributed by atoms with Crippen LogP contribution in [0.25, 0.3) is 0 Å². The van der Waals surface area contributed by atoms with Gasteiger partial charge >= 0.3 is 18.0 Å². The van der Waals surface area contributed by atoms with Crippen molar-refractivity contribution in [3.63, 3.8) is 0 Å². The maximum absolute atomic E-state index is 12.1. The number of carbonyl (C=O) groups is 3. The summed E-state index contributed by atoms with van der Waals surface area (Å²) in [5.41, 5.74) is -1.10. The molecule has 0 aromatic heterocycles. The quantitative estimate of drug-likeness (QED) is 0.407. The predicted octanol–water partition coefficient (Wildman–Crippen LogP) is -0.165. The molecule has 146 valence electrons. The zero-order chi connectivity index (χ0) is 19.4. The molecule has 0 unspecified atom stereocenters. The average Bonchev–Trinajstić information content (AvgIpc) is 2.65. The molecule has 9 heteroatoms. The molecule has 1 aliphatic rings. The van der Waals surface area contributed by atoms with Gasteiger partial charge in [-0.1, -0.05) is 13.2 Å². The Morgan fingerprint density at radius 1 is 1.12 bits per heavy atom. The number of ether oxygens (including phenoxy) is 3. The summed E-state index contributed by atoms with van der Waals surface area (Å²) in [5, 5.41) is 5.41. The summed E-state index contributed by atoms with van der Waals surface area (Å²) in [6.45, 7) is 12.0. The van der Waals surface area contributed by atoms with E-state index >= 15 is 0 Å². The lowest BCUT2D eigenvalue weighted by Gasteiger charge is -2.30. The Hall–Kier alpha value is -2.39. The van der Waals surface area contributed by atoms with Gasteiger partial charge in [0.05, 0.1) is 13.2 Å². The predicted molar refractivity (Wildman–Crippen MR) is 94.5 cm³/mol. The van der Waals surface area contributed by atoms with E-state index < -0.39 is 23.5 Å². The van der Waals surface area contributed by atoms with E-state index in [4.69, 9.17) is 14.2 Å². The average molecular weight is 369 g/mol. The lowest BCUT2D eigenvalue weighted by molar-refractivity contribution is -0.144. The molecule has 1 rings (SSSR count). The molecule has 0 saturated carbocycles. The molecule has 2 N–H and O–H groups in total. The van der Waals surface area contributed by atoms with Crippen LogP contribution in [-0.2, 0) is 23.8 Å². The molecular weight excluding hydrogens is 342 g/mol. The van der Waals surface area contributed by atoms with Crippen LogP contribution in [0.15, 0.2) is 25.3 Å². The molecule has 1 saturated heterocycles. The van der Waals surface area contributed by atoms with Gasteiger partial charge in [-0.05, 0) is 6.92 Å². The van der Waals surface area contributed by atoms with Crippen molar-refractivity contribution in [3.05, 3.63) is 25.3 Å². The lowest BCUT2D eigenvalue weighted by Crippen LogP contribution is -2.57. The molecular formula is C17H27N3O6. The van der Waals surface area contributed by atoms with Gasteiger partial charge in [-0.3, -0.25) is 4.90 Å². The van der Waals surface area contributed by atoms with Gasteiger partial charge in [0.1, 0.15) is 18.8 Å². The second kappa shape index (κ2) is 11.3. The number of urea groups is 1. The molecule has 2 amide bonds. The lowest BCUT2D eigenvalue weighted by atomic mass is 10.1. The largest absolute Gasteiger partial charge is 0.460 e. The third-order valence-electron chi connectivity index (χ3n) is 3.63. The van der Waals surface area contributed by atoms with E-state index in [2.05, 4.69) is 28.7 Å². The first-order valence-electron chi connectivity index (χ1n) is 8.33. The standard InChI is InChI=1S/C17H27N3O6/c1-4-14(21)25-12-17(3,13-26-15(22)5-2)19-16(23)18-6-7-20-8-10-24-11-9-20/h4-5H,1-2,6-13H2,3H3,(H2,18,19,23). The topological polar surface area (TPSA) is 106 Å². The van der Waals surface area contributed by atoms with Crippen molar-refractivity contribution in [2.75, 3.05) is 52.6 Å². The Morgan fingerprint density at radius 3 is 2.15 bits per heavy atom. The highest BCUT2D eigenvalue weighted by Crippen LogP contribution is 2.07. The van der Waals surface area contributed by atoms with Crippen LogP contribution in [0.1, 0.15) is 6.92 Å². The molecule has 0 bridgehead atoms. The molecule has 0 aromatic rings. The fourth-order valence-corrected chi connectivity index (χ4v) is 2.16. The molecule has 0 aromatic carbocycles. The third-order valence-corrected chi connectivity index (χ3v) is 3.63. The minimum atomic E-state index is -1.10. The van der Waals surface area contributed by atoms with E-state index in [1.54, 1.807) is 6.92 Å². The van der Waals surface area contributed by atoms with Gasteiger partial charge in [0, 0.05) is 38.3 Å². The van der Waals surface area contributed by atoms with Crippen LogP contribution in [0.4, 0.5) is 4.79 Å². The molecule has 0 atom stereocenters. The fraction of sp³-hybridized carbons (Fsp3) is 0.588. The summed E-state index contributed by atoms with van der Waals surface area (Å²) in [5.74, 6) is -1.28. The Balaban J connectivity index is 2.48. The number of amides is 2. The second-order valence-corrected chi connectivity index (χ2v) is 6.02. The van der Waals surface area contributed by atoms with Gasteiger partial charge in [0.15, 0.2) is 0 Å². The first-order valence-corrected chi connectivity index (χ1v) is 8.33. The van der Waals surface area contributed by atoms with Crippen molar-refractivity contribution >= 4 is 18.0 Å². The summed E-state index contributed by atoms with van der Waals surface area (Å²) < 4.78 is 15.2. The molecule has 0 spiro atoms.